The van der Waals surface area contributed by atoms with Crippen molar-refractivity contribution in [1.29, 1.82) is 0 Å². The first-order valence-electron chi connectivity index (χ1n) is 14.6. The molecule has 0 saturated heterocycles. The van der Waals surface area contributed by atoms with E-state index in [2.05, 4.69) is 15.8 Å². The lowest BCUT2D eigenvalue weighted by molar-refractivity contribution is -0.384. The molecule has 0 aliphatic heterocycles. The van der Waals surface area contributed by atoms with Crippen LogP contribution in [0.25, 0.3) is 6.08 Å². The number of nitro groups is 1. The minimum absolute atomic E-state index is 0.0611. The molecule has 4 rings (SSSR count). The van der Waals surface area contributed by atoms with Gasteiger partial charge in [0.25, 0.3) is 17.5 Å². The van der Waals surface area contributed by atoms with E-state index in [1.54, 1.807) is 37.3 Å². The Balaban J connectivity index is 1.38. The summed E-state index contributed by atoms with van der Waals surface area (Å²) in [4.78, 5) is 48.6. The topological polar surface area (TPSA) is 177 Å². The number of ether oxygens (including phenoxy) is 5. The Morgan fingerprint density at radius 3 is 2.12 bits per heavy atom. The summed E-state index contributed by atoms with van der Waals surface area (Å²) in [5.74, 6) is -0.273. The molecule has 4 aromatic rings. The van der Waals surface area contributed by atoms with Crippen molar-refractivity contribution in [3.8, 4) is 28.7 Å². The molecule has 4 aromatic carbocycles. The van der Waals surface area contributed by atoms with Gasteiger partial charge in [0.1, 0.15) is 0 Å². The highest BCUT2D eigenvalue weighted by molar-refractivity contribution is 6.06. The average molecular weight is 669 g/mol. The molecule has 0 spiro atoms. The summed E-state index contributed by atoms with van der Waals surface area (Å²) in [6.07, 6.45) is 4.04. The number of nitrogens with zero attached hydrogens (tertiary/aromatic N) is 2. The molecule has 0 heterocycles. The number of non-ortho nitro benzene ring substituents is 1. The van der Waals surface area contributed by atoms with Crippen LogP contribution < -0.4 is 34.4 Å². The molecule has 0 bridgehead atoms. The zero-order chi connectivity index (χ0) is 35.3. The van der Waals surface area contributed by atoms with Crippen LogP contribution in [-0.4, -0.2) is 56.9 Å². The van der Waals surface area contributed by atoms with Crippen LogP contribution in [0.15, 0.2) is 90.0 Å². The maximum atomic E-state index is 13.0. The quantitative estimate of drug-likeness (QED) is 0.0426. The van der Waals surface area contributed by atoms with Crippen LogP contribution in [0.1, 0.15) is 38.8 Å². The van der Waals surface area contributed by atoms with E-state index in [9.17, 15) is 24.5 Å². The van der Waals surface area contributed by atoms with Crippen molar-refractivity contribution in [3.05, 3.63) is 117 Å². The van der Waals surface area contributed by atoms with Gasteiger partial charge in [0, 0.05) is 35.0 Å². The van der Waals surface area contributed by atoms with Crippen molar-refractivity contribution < 1.29 is 43.0 Å². The highest BCUT2D eigenvalue weighted by Crippen LogP contribution is 2.38. The molecule has 2 amide bonds. The maximum Gasteiger partial charge on any atom is 0.336 e. The van der Waals surface area contributed by atoms with Crippen molar-refractivity contribution >= 4 is 41.4 Å². The van der Waals surface area contributed by atoms with E-state index >= 15 is 0 Å². The number of rotatable bonds is 14. The lowest BCUT2D eigenvalue weighted by atomic mass is 10.1. The van der Waals surface area contributed by atoms with Crippen LogP contribution in [-0.2, 0) is 4.79 Å². The van der Waals surface area contributed by atoms with Gasteiger partial charge in [0.2, 0.25) is 5.75 Å². The van der Waals surface area contributed by atoms with Crippen molar-refractivity contribution in [2.75, 3.05) is 33.3 Å². The molecule has 0 saturated carbocycles. The second-order valence-corrected chi connectivity index (χ2v) is 9.89. The molecule has 0 aliphatic rings. The predicted octanol–water partition coefficient (Wildman–Crippen LogP) is 5.65. The molecule has 0 radical (unpaired) electrons. The van der Waals surface area contributed by atoms with Crippen LogP contribution >= 0.6 is 0 Å². The second kappa shape index (κ2) is 16.7. The molecular weight excluding hydrogens is 636 g/mol. The first-order valence-corrected chi connectivity index (χ1v) is 14.6. The molecule has 14 nitrogen and oxygen atoms in total. The minimum atomic E-state index is -0.685. The smallest absolute Gasteiger partial charge is 0.336 e. The van der Waals surface area contributed by atoms with Gasteiger partial charge in [0.15, 0.2) is 23.0 Å². The zero-order valence-electron chi connectivity index (χ0n) is 26.9. The van der Waals surface area contributed by atoms with Gasteiger partial charge in [-0.15, -0.1) is 0 Å². The van der Waals surface area contributed by atoms with E-state index < -0.39 is 22.7 Å². The van der Waals surface area contributed by atoms with Crippen LogP contribution in [0.2, 0.25) is 0 Å². The lowest BCUT2D eigenvalue weighted by Crippen LogP contribution is -2.18. The maximum absolute atomic E-state index is 13.0. The van der Waals surface area contributed by atoms with Gasteiger partial charge in [-0.2, -0.15) is 5.10 Å². The summed E-state index contributed by atoms with van der Waals surface area (Å²) in [6.45, 7) is 2.05. The fourth-order valence-electron chi connectivity index (χ4n) is 4.36. The summed E-state index contributed by atoms with van der Waals surface area (Å²) >= 11 is 0. The summed E-state index contributed by atoms with van der Waals surface area (Å²) in [5.41, 5.74) is 4.35. The van der Waals surface area contributed by atoms with Gasteiger partial charge in [-0.05, 0) is 84.8 Å². The Labute approximate surface area is 281 Å². The molecule has 0 atom stereocenters. The van der Waals surface area contributed by atoms with Gasteiger partial charge < -0.3 is 29.0 Å². The monoisotopic (exact) mass is 668 g/mol. The number of methoxy groups -OCH3 is 3. The van der Waals surface area contributed by atoms with E-state index in [4.69, 9.17) is 23.7 Å². The number of carbonyl (C=O) groups is 3. The summed E-state index contributed by atoms with van der Waals surface area (Å²) in [6, 6.07) is 19.7. The molecule has 2 N–H and O–H groups in total. The Morgan fingerprint density at radius 1 is 0.796 bits per heavy atom. The first kappa shape index (κ1) is 35.2. The van der Waals surface area contributed by atoms with Crippen LogP contribution in [0.5, 0.6) is 28.7 Å². The Kier molecular flexibility index (Phi) is 12.0. The molecule has 0 aromatic heterocycles. The van der Waals surface area contributed by atoms with E-state index in [0.29, 0.717) is 34.1 Å². The van der Waals surface area contributed by atoms with Gasteiger partial charge in [-0.25, -0.2) is 10.2 Å². The van der Waals surface area contributed by atoms with Crippen LogP contribution in [0.3, 0.4) is 0 Å². The third-order valence-electron chi connectivity index (χ3n) is 6.68. The normalized spacial score (nSPS) is 10.8. The largest absolute Gasteiger partial charge is 0.493 e. The summed E-state index contributed by atoms with van der Waals surface area (Å²) in [7, 11) is 4.35. The number of esters is 1. The van der Waals surface area contributed by atoms with E-state index in [0.717, 1.165) is 0 Å². The molecule has 49 heavy (non-hydrogen) atoms. The minimum Gasteiger partial charge on any atom is -0.493 e. The number of nitro benzene ring substituents is 1. The third kappa shape index (κ3) is 9.42. The number of hydrogen-bond acceptors (Lipinski definition) is 11. The van der Waals surface area contributed by atoms with Gasteiger partial charge in [-0.1, -0.05) is 6.07 Å². The number of anilines is 1. The van der Waals surface area contributed by atoms with Crippen LogP contribution in [0, 0.1) is 10.1 Å². The molecule has 0 aliphatic carbocycles. The molecular formula is C35H32N4O10. The fraction of sp³-hybridized carbons (Fsp3) is 0.143. The van der Waals surface area contributed by atoms with Crippen molar-refractivity contribution in [3.63, 3.8) is 0 Å². The molecule has 252 valence electrons. The Morgan fingerprint density at radius 2 is 1.49 bits per heavy atom. The lowest BCUT2D eigenvalue weighted by Gasteiger charge is -2.14. The Hall–Kier alpha value is -6.70. The number of nitrogens with one attached hydrogen (secondary N) is 2. The first-order chi connectivity index (χ1) is 23.6. The van der Waals surface area contributed by atoms with Crippen molar-refractivity contribution in [1.82, 2.24) is 5.43 Å². The van der Waals surface area contributed by atoms with E-state index in [1.807, 2.05) is 0 Å². The standard InChI is InChI=1S/C35H32N4O10/c1-5-48-29-17-23(11-15-28(29)49-32(40)16-12-22-9-13-27(14-10-22)39(43)44)21-36-38-35(42)24-7-6-8-26(18-24)37-34(41)25-19-30(45-2)33(47-4)31(20-25)46-3/h6-21H,5H2,1-4H3,(H,37,41)(H,38,42)/b16-12+,36-21?. The summed E-state index contributed by atoms with van der Waals surface area (Å²) in [5, 5.41) is 17.6. The number of hydrogen-bond donors (Lipinski definition) is 2. The molecule has 0 unspecified atom stereocenters. The molecule has 14 heteroatoms. The van der Waals surface area contributed by atoms with Gasteiger partial charge >= 0.3 is 5.97 Å². The number of hydrazone groups is 1. The highest BCUT2D eigenvalue weighted by atomic mass is 16.6. The summed E-state index contributed by atoms with van der Waals surface area (Å²) < 4.78 is 27.0. The van der Waals surface area contributed by atoms with Gasteiger partial charge in [0.05, 0.1) is 39.1 Å². The molecule has 0 fully saturated rings. The zero-order valence-corrected chi connectivity index (χ0v) is 26.9. The van der Waals surface area contributed by atoms with Gasteiger partial charge in [-0.3, -0.25) is 19.7 Å². The number of benzene rings is 4. The third-order valence-corrected chi connectivity index (χ3v) is 6.68. The number of carbonyl (C=O) groups excluding carboxylic acids is 3. The number of amides is 2. The van der Waals surface area contributed by atoms with Crippen LogP contribution in [0.4, 0.5) is 11.4 Å². The van der Waals surface area contributed by atoms with Crippen molar-refractivity contribution in [2.24, 2.45) is 5.10 Å². The van der Waals surface area contributed by atoms with E-state index in [1.165, 1.54) is 88.2 Å². The highest BCUT2D eigenvalue weighted by Gasteiger charge is 2.18. The predicted molar refractivity (Wildman–Crippen MR) is 181 cm³/mol. The average Bonchev–Trinajstić information content (AvgIpc) is 3.11. The fourth-order valence-corrected chi connectivity index (χ4v) is 4.36. The van der Waals surface area contributed by atoms with Crippen molar-refractivity contribution in [2.45, 2.75) is 6.92 Å². The SMILES string of the molecule is CCOc1cc(C=NNC(=O)c2cccc(NC(=O)c3cc(OC)c(OC)c(OC)c3)c2)ccc1OC(=O)/C=C/c1ccc([N+](=O)[O-])cc1. The van der Waals surface area contributed by atoms with E-state index in [-0.39, 0.29) is 34.9 Å². The Bertz CT molecular complexity index is 1880. The second-order valence-electron chi connectivity index (χ2n) is 9.89.